The summed E-state index contributed by atoms with van der Waals surface area (Å²) in [4.78, 5) is 53.2. The fourth-order valence-corrected chi connectivity index (χ4v) is 6.74. The first-order chi connectivity index (χ1) is 17.4. The molecule has 1 saturated heterocycles. The molecule has 5 aliphatic rings. The first kappa shape index (κ1) is 21.2. The van der Waals surface area contributed by atoms with Crippen LogP contribution in [-0.4, -0.2) is 23.6 Å². The van der Waals surface area contributed by atoms with Gasteiger partial charge in [-0.3, -0.25) is 19.3 Å². The van der Waals surface area contributed by atoms with Crippen molar-refractivity contribution in [2.75, 3.05) is 4.90 Å². The van der Waals surface area contributed by atoms with E-state index < -0.39 is 5.97 Å². The van der Waals surface area contributed by atoms with Gasteiger partial charge in [-0.1, -0.05) is 42.5 Å². The molecule has 8 rings (SSSR count). The van der Waals surface area contributed by atoms with E-state index >= 15 is 0 Å². The van der Waals surface area contributed by atoms with Gasteiger partial charge >= 0.3 is 5.97 Å². The third-order valence-electron chi connectivity index (χ3n) is 8.48. The van der Waals surface area contributed by atoms with Gasteiger partial charge in [0.15, 0.2) is 5.78 Å². The quantitative estimate of drug-likeness (QED) is 0.177. The summed E-state index contributed by atoms with van der Waals surface area (Å²) in [6.07, 6.45) is 5.42. The van der Waals surface area contributed by atoms with Gasteiger partial charge in [-0.15, -0.1) is 0 Å². The van der Waals surface area contributed by atoms with Gasteiger partial charge < -0.3 is 4.74 Å². The van der Waals surface area contributed by atoms with Crippen molar-refractivity contribution in [1.29, 1.82) is 0 Å². The van der Waals surface area contributed by atoms with E-state index in [1.807, 2.05) is 30.3 Å². The van der Waals surface area contributed by atoms with Crippen LogP contribution in [0.25, 0.3) is 10.8 Å². The Kier molecular flexibility index (Phi) is 4.41. The van der Waals surface area contributed by atoms with Gasteiger partial charge in [0.25, 0.3) is 0 Å². The Hall–Kier alpha value is -4.06. The lowest BCUT2D eigenvalue weighted by molar-refractivity contribution is -0.124. The number of hydrogen-bond acceptors (Lipinski definition) is 5. The van der Waals surface area contributed by atoms with Crippen LogP contribution in [0.5, 0.6) is 5.75 Å². The van der Waals surface area contributed by atoms with Gasteiger partial charge in [0.1, 0.15) is 5.75 Å². The number of carbonyl (C=O) groups excluding carboxylic acids is 4. The van der Waals surface area contributed by atoms with Crippen molar-refractivity contribution in [2.24, 2.45) is 35.5 Å². The molecule has 2 saturated carbocycles. The molecule has 36 heavy (non-hydrogen) atoms. The van der Waals surface area contributed by atoms with Gasteiger partial charge in [0.05, 0.1) is 28.7 Å². The minimum absolute atomic E-state index is 0.133. The van der Waals surface area contributed by atoms with E-state index in [0.717, 1.165) is 11.8 Å². The predicted octanol–water partition coefficient (Wildman–Crippen LogP) is 4.82. The van der Waals surface area contributed by atoms with E-state index in [4.69, 9.17) is 4.74 Å². The summed E-state index contributed by atoms with van der Waals surface area (Å²) >= 11 is 0. The Morgan fingerprint density at radius 3 is 2.11 bits per heavy atom. The molecule has 3 aromatic rings. The number of amides is 2. The van der Waals surface area contributed by atoms with Crippen LogP contribution >= 0.6 is 0 Å². The van der Waals surface area contributed by atoms with Gasteiger partial charge in [-0.05, 0) is 72.7 Å². The fraction of sp³-hybridized carbons (Fsp3) is 0.267. The van der Waals surface area contributed by atoms with Crippen LogP contribution < -0.4 is 9.64 Å². The first-order valence-electron chi connectivity index (χ1n) is 12.3. The standard InChI is InChI=1S/C30H23NO5/c1-15(32)19-11-8-16-4-2-3-5-20(16)27(19)36-30(35)17-6-9-18(10-7-17)31-28(33)25-21-12-13-22(24-14-23(21)24)26(25)29(31)34/h2-13,21-26H,14H2,1H3/t21-,22+,23-,24-,25+,26+/m1/s1. The molecule has 1 heterocycles. The number of hydrogen-bond donors (Lipinski definition) is 0. The summed E-state index contributed by atoms with van der Waals surface area (Å²) in [6, 6.07) is 17.2. The summed E-state index contributed by atoms with van der Waals surface area (Å²) in [7, 11) is 0. The van der Waals surface area contributed by atoms with Gasteiger partial charge in [0, 0.05) is 5.39 Å². The molecule has 0 unspecified atom stereocenters. The molecule has 178 valence electrons. The Morgan fingerprint density at radius 2 is 1.47 bits per heavy atom. The molecule has 0 N–H and O–H groups in total. The summed E-state index contributed by atoms with van der Waals surface area (Å²) in [5.74, 6) is 0.0308. The van der Waals surface area contributed by atoms with Crippen molar-refractivity contribution >= 4 is 40.0 Å². The van der Waals surface area contributed by atoms with E-state index in [0.29, 0.717) is 28.5 Å². The maximum absolute atomic E-state index is 13.3. The molecule has 6 atom stereocenters. The Morgan fingerprint density at radius 1 is 0.833 bits per heavy atom. The fourth-order valence-electron chi connectivity index (χ4n) is 6.74. The molecule has 1 aliphatic heterocycles. The predicted molar refractivity (Wildman–Crippen MR) is 133 cm³/mol. The highest BCUT2D eigenvalue weighted by molar-refractivity contribution is 6.22. The molecule has 2 amide bonds. The van der Waals surface area contributed by atoms with E-state index in [1.54, 1.807) is 30.3 Å². The van der Waals surface area contributed by atoms with E-state index in [1.165, 1.54) is 11.8 Å². The average Bonchev–Trinajstić information content (AvgIpc) is 3.67. The van der Waals surface area contributed by atoms with Crippen LogP contribution in [0.2, 0.25) is 0 Å². The number of carbonyl (C=O) groups is 4. The summed E-state index contributed by atoms with van der Waals surface area (Å²) < 4.78 is 5.73. The highest BCUT2D eigenvalue weighted by atomic mass is 16.5. The Balaban J connectivity index is 1.16. The summed E-state index contributed by atoms with van der Waals surface area (Å²) in [6.45, 7) is 1.43. The zero-order valence-electron chi connectivity index (χ0n) is 19.6. The van der Waals surface area contributed by atoms with Crippen LogP contribution in [0.15, 0.2) is 72.8 Å². The molecule has 2 bridgehead atoms. The molecule has 4 aliphatic carbocycles. The number of ketones is 1. The molecule has 0 aromatic heterocycles. The van der Waals surface area contributed by atoms with Crippen LogP contribution in [-0.2, 0) is 9.59 Å². The minimum atomic E-state index is -0.615. The third kappa shape index (κ3) is 2.90. The minimum Gasteiger partial charge on any atom is -0.421 e. The van der Waals surface area contributed by atoms with E-state index in [2.05, 4.69) is 12.2 Å². The maximum atomic E-state index is 13.3. The molecule has 0 spiro atoms. The van der Waals surface area contributed by atoms with Gasteiger partial charge in [-0.25, -0.2) is 4.79 Å². The molecule has 6 heteroatoms. The second kappa shape index (κ2) is 7.47. The lowest BCUT2D eigenvalue weighted by atomic mass is 9.63. The third-order valence-corrected chi connectivity index (χ3v) is 8.48. The zero-order chi connectivity index (χ0) is 24.7. The van der Waals surface area contributed by atoms with E-state index in [9.17, 15) is 19.2 Å². The van der Waals surface area contributed by atoms with Crippen LogP contribution in [0.3, 0.4) is 0 Å². The van der Waals surface area contributed by atoms with Crippen LogP contribution in [0.4, 0.5) is 5.69 Å². The monoisotopic (exact) mass is 477 g/mol. The Bertz CT molecular complexity index is 1480. The van der Waals surface area contributed by atoms with Crippen molar-refractivity contribution < 1.29 is 23.9 Å². The van der Waals surface area contributed by atoms with Crippen molar-refractivity contribution in [3.63, 3.8) is 0 Å². The summed E-state index contributed by atoms with van der Waals surface area (Å²) in [5, 5.41) is 1.53. The number of ether oxygens (including phenoxy) is 1. The molecular weight excluding hydrogens is 454 g/mol. The number of Topliss-reactive ketones (excluding diaryl/α,β-unsaturated/α-hetero) is 1. The molecule has 3 fully saturated rings. The van der Waals surface area contributed by atoms with Crippen molar-refractivity contribution in [3.8, 4) is 5.75 Å². The smallest absolute Gasteiger partial charge is 0.343 e. The van der Waals surface area contributed by atoms with Crippen molar-refractivity contribution in [2.45, 2.75) is 13.3 Å². The number of anilines is 1. The highest BCUT2D eigenvalue weighted by Gasteiger charge is 2.67. The highest BCUT2D eigenvalue weighted by Crippen LogP contribution is 2.65. The van der Waals surface area contributed by atoms with Gasteiger partial charge in [-0.2, -0.15) is 0 Å². The number of fused-ring (bicyclic) bond motifs is 1. The lowest BCUT2D eigenvalue weighted by Gasteiger charge is -2.37. The summed E-state index contributed by atoms with van der Waals surface area (Å²) in [5.41, 5.74) is 1.06. The number of allylic oxidation sites excluding steroid dienone is 2. The molecule has 6 nitrogen and oxygen atoms in total. The van der Waals surface area contributed by atoms with Gasteiger partial charge in [0.2, 0.25) is 11.8 Å². The molecular formula is C30H23NO5. The second-order valence-electron chi connectivity index (χ2n) is 10.3. The molecule has 0 radical (unpaired) electrons. The number of nitrogens with zero attached hydrogens (tertiary/aromatic N) is 1. The number of benzene rings is 3. The van der Waals surface area contributed by atoms with E-state index in [-0.39, 0.29) is 52.6 Å². The second-order valence-corrected chi connectivity index (χ2v) is 10.3. The van der Waals surface area contributed by atoms with Crippen LogP contribution in [0.1, 0.15) is 34.1 Å². The number of esters is 1. The van der Waals surface area contributed by atoms with Crippen molar-refractivity contribution in [3.05, 3.63) is 83.9 Å². The van der Waals surface area contributed by atoms with Crippen LogP contribution in [0, 0.1) is 35.5 Å². The lowest BCUT2D eigenvalue weighted by Crippen LogP contribution is -2.40. The zero-order valence-corrected chi connectivity index (χ0v) is 19.6. The number of imide groups is 1. The normalized spacial score (nSPS) is 29.3. The SMILES string of the molecule is CC(=O)c1ccc2ccccc2c1OC(=O)c1ccc(N2C(=O)[C@H]3[C@@H]4C=C[C@@H]([C@H]5C[C@H]45)[C@@H]3C2=O)cc1. The Labute approximate surface area is 207 Å². The first-order valence-corrected chi connectivity index (χ1v) is 12.3. The molecule has 3 aromatic carbocycles. The largest absolute Gasteiger partial charge is 0.421 e. The average molecular weight is 478 g/mol. The van der Waals surface area contributed by atoms with Crippen molar-refractivity contribution in [1.82, 2.24) is 0 Å². The number of rotatable bonds is 4. The maximum Gasteiger partial charge on any atom is 0.343 e. The topological polar surface area (TPSA) is 80.8 Å².